The van der Waals surface area contributed by atoms with Gasteiger partial charge in [-0.3, -0.25) is 4.99 Å². The summed E-state index contributed by atoms with van der Waals surface area (Å²) >= 11 is -2.43. The van der Waals surface area contributed by atoms with E-state index in [2.05, 4.69) is 71.9 Å². The van der Waals surface area contributed by atoms with Crippen LogP contribution in [0, 0.1) is 0 Å². The van der Waals surface area contributed by atoms with E-state index in [1.807, 2.05) is 85.1 Å². The fourth-order valence-corrected chi connectivity index (χ4v) is 6.07. The monoisotopic (exact) mass is 540 g/mol. The summed E-state index contributed by atoms with van der Waals surface area (Å²) in [4.78, 5) is 4.83. The summed E-state index contributed by atoms with van der Waals surface area (Å²) in [6, 6.07) is 47.3. The normalized spacial score (nSPS) is 11.8. The van der Waals surface area contributed by atoms with E-state index in [0.29, 0.717) is 6.61 Å². The molecule has 0 saturated carbocycles. The first kappa shape index (κ1) is 27.6. The van der Waals surface area contributed by atoms with Gasteiger partial charge < -0.3 is 11.9 Å². The minimum Gasteiger partial charge on any atom is -0.456 e. The number of aryl methyl sites for hydroxylation is 1. The lowest BCUT2D eigenvalue weighted by Gasteiger charge is -2.25. The van der Waals surface area contributed by atoms with E-state index in [4.69, 9.17) is 12.6 Å². The third-order valence-corrected chi connectivity index (χ3v) is 8.17. The Labute approximate surface area is 242 Å². The molecule has 5 heteroatoms. The van der Waals surface area contributed by atoms with Crippen LogP contribution in [0.5, 0.6) is 0 Å². The third-order valence-electron chi connectivity index (χ3n) is 6.61. The highest BCUT2D eigenvalue weighted by molar-refractivity contribution is 6.49. The molecule has 198 valence electrons. The lowest BCUT2D eigenvalue weighted by molar-refractivity contribution is 0.158. The van der Waals surface area contributed by atoms with Crippen molar-refractivity contribution < 1.29 is 7.58 Å². The lowest BCUT2D eigenvalue weighted by Crippen LogP contribution is -2.34. The zero-order chi connectivity index (χ0) is 27.4. The number of nitrogens with one attached hydrogen (secondary N) is 1. The van der Waals surface area contributed by atoms with Crippen molar-refractivity contribution >= 4 is 32.6 Å². The number of anilines is 1. The van der Waals surface area contributed by atoms with Crippen LogP contribution in [-0.2, 0) is 20.6 Å². The maximum atomic E-state index is 6.92. The van der Waals surface area contributed by atoms with Gasteiger partial charge in [-0.1, -0.05) is 122 Å². The van der Waals surface area contributed by atoms with E-state index in [0.717, 1.165) is 40.0 Å². The molecule has 0 aliphatic heterocycles. The predicted molar refractivity (Wildman–Crippen MR) is 166 cm³/mol. The molecule has 0 amide bonds. The van der Waals surface area contributed by atoms with Crippen LogP contribution in [0.2, 0.25) is 0 Å². The van der Waals surface area contributed by atoms with Gasteiger partial charge in [0.15, 0.2) is 0 Å². The first-order valence-corrected chi connectivity index (χ1v) is 15.2. The second-order valence-corrected chi connectivity index (χ2v) is 11.0. The van der Waals surface area contributed by atoms with Gasteiger partial charge in [-0.05, 0) is 58.5 Å². The molecule has 40 heavy (non-hydrogen) atoms. The molecule has 5 aromatic carbocycles. The first-order chi connectivity index (χ1) is 19.8. The van der Waals surface area contributed by atoms with Crippen molar-refractivity contribution in [3.05, 3.63) is 167 Å². The van der Waals surface area contributed by atoms with Gasteiger partial charge >= 0.3 is 15.0 Å². The smallest absolute Gasteiger partial charge is 0.456 e. The molecule has 0 aromatic heterocycles. The second kappa shape index (κ2) is 14.4. The fraction of sp³-hybridized carbons (Fsp3) is 0.114. The van der Waals surface area contributed by atoms with Crippen LogP contribution < -0.4 is 4.30 Å². The summed E-state index contributed by atoms with van der Waals surface area (Å²) in [5.74, 6) is 0. The number of rotatable bonds is 12. The zero-order valence-electron chi connectivity index (χ0n) is 22.7. The molecule has 0 bridgehead atoms. The van der Waals surface area contributed by atoms with Gasteiger partial charge in [-0.2, -0.15) is 0 Å². The number of para-hydroxylation sites is 1. The van der Waals surface area contributed by atoms with Gasteiger partial charge in [0.2, 0.25) is 0 Å². The number of benzene rings is 5. The van der Waals surface area contributed by atoms with E-state index >= 15 is 0 Å². The molecule has 0 fully saturated rings. The van der Waals surface area contributed by atoms with Crippen LogP contribution in [0.4, 0.5) is 11.4 Å². The van der Waals surface area contributed by atoms with Crippen molar-refractivity contribution in [1.29, 1.82) is 0 Å². The summed E-state index contributed by atoms with van der Waals surface area (Å²) in [5, 5.41) is 0. The van der Waals surface area contributed by atoms with Crippen molar-refractivity contribution in [2.45, 2.75) is 26.1 Å². The molecule has 0 aliphatic rings. The highest BCUT2D eigenvalue weighted by atomic mass is 27.2. The van der Waals surface area contributed by atoms with Gasteiger partial charge in [0.05, 0.1) is 11.8 Å². The van der Waals surface area contributed by atoms with Crippen LogP contribution in [0.1, 0.15) is 40.8 Å². The van der Waals surface area contributed by atoms with Crippen LogP contribution >= 0.6 is 0 Å². The summed E-state index contributed by atoms with van der Waals surface area (Å²) in [6.45, 7) is 2.62. The van der Waals surface area contributed by atoms with Crippen molar-refractivity contribution in [2.75, 3.05) is 4.30 Å². The highest BCUT2D eigenvalue weighted by Gasteiger charge is 2.34. The molecule has 4 nitrogen and oxygen atoms in total. The largest absolute Gasteiger partial charge is 0.847 e. The van der Waals surface area contributed by atoms with E-state index in [1.165, 1.54) is 5.56 Å². The summed E-state index contributed by atoms with van der Waals surface area (Å²) in [5.41, 5.74) is 7.40. The van der Waals surface area contributed by atoms with Crippen LogP contribution in [0.15, 0.2) is 145 Å². The van der Waals surface area contributed by atoms with E-state index in [-0.39, 0.29) is 6.10 Å². The third kappa shape index (κ3) is 7.79. The van der Waals surface area contributed by atoms with Crippen molar-refractivity contribution in [3.63, 3.8) is 0 Å². The standard InChI is InChI=1S/C22H20NO.C7H7O.C6H6N.Al/c1-2-17-9-8-13-20(15-17)23-16-19-12-6-7-14-21(19)22(24)18-10-4-3-5-11-18;8-6-7-4-2-1-3-5-7;7-6-4-2-1-3-5-6;/h3-16,22H,2H2,1H3;1-5H,6H2;1-5,7H;/q3*-1;+3. The van der Waals surface area contributed by atoms with Gasteiger partial charge in [0.25, 0.3) is 0 Å². The van der Waals surface area contributed by atoms with Crippen molar-refractivity contribution in [3.8, 4) is 0 Å². The number of nitrogens with zero attached hydrogens (tertiary/aromatic N) is 1. The topological polar surface area (TPSA) is 42.8 Å². The average molecular weight is 541 g/mol. The van der Waals surface area contributed by atoms with Crippen LogP contribution in [-0.4, -0.2) is 21.3 Å². The van der Waals surface area contributed by atoms with E-state index in [1.54, 1.807) is 0 Å². The fourth-order valence-electron chi connectivity index (χ4n) is 4.48. The maximum Gasteiger partial charge on any atom is 0.847 e. The maximum absolute atomic E-state index is 6.92. The van der Waals surface area contributed by atoms with E-state index < -0.39 is 15.0 Å². The molecule has 0 spiro atoms. The number of hydrogen-bond acceptors (Lipinski definition) is 4. The minimum atomic E-state index is -2.43. The van der Waals surface area contributed by atoms with Gasteiger partial charge in [-0.25, -0.2) is 0 Å². The second-order valence-electron chi connectivity index (χ2n) is 9.48. The van der Waals surface area contributed by atoms with Crippen molar-refractivity contribution in [2.24, 2.45) is 4.99 Å². The summed E-state index contributed by atoms with van der Waals surface area (Å²) in [6.07, 6.45) is 2.58. The van der Waals surface area contributed by atoms with Crippen molar-refractivity contribution in [1.82, 2.24) is 0 Å². The van der Waals surface area contributed by atoms with Crippen LogP contribution in [0.25, 0.3) is 0 Å². The number of aliphatic imine (C=N–C) groups is 1. The lowest BCUT2D eigenvalue weighted by atomic mass is 9.97. The summed E-state index contributed by atoms with van der Waals surface area (Å²) in [7, 11) is 0. The zero-order valence-corrected chi connectivity index (χ0v) is 23.8. The molecule has 5 aromatic rings. The van der Waals surface area contributed by atoms with Gasteiger partial charge in [0.1, 0.15) is 0 Å². The molecule has 0 saturated heterocycles. The molecule has 0 aliphatic carbocycles. The first-order valence-electron chi connectivity index (χ1n) is 13.7. The molecule has 0 radical (unpaired) electrons. The Bertz CT molecular complexity index is 1490. The Balaban J connectivity index is 1.47. The summed E-state index contributed by atoms with van der Waals surface area (Å²) < 4.78 is 17.0. The Morgan fingerprint density at radius 2 is 1.38 bits per heavy atom. The van der Waals surface area contributed by atoms with Gasteiger partial charge in [-0.15, -0.1) is 0 Å². The Kier molecular flexibility index (Phi) is 9.94. The number of hydrogen-bond donors (Lipinski definition) is 1. The molecule has 1 N–H and O–H groups in total. The highest BCUT2D eigenvalue weighted by Crippen LogP contribution is 2.30. The molecule has 1 unspecified atom stereocenters. The average Bonchev–Trinajstić information content (AvgIpc) is 3.03. The molecule has 1 atom stereocenters. The van der Waals surface area contributed by atoms with E-state index in [9.17, 15) is 0 Å². The molecular weight excluding hydrogens is 507 g/mol. The molecule has 0 heterocycles. The minimum absolute atomic E-state index is 0.338. The Morgan fingerprint density at radius 1 is 0.725 bits per heavy atom. The van der Waals surface area contributed by atoms with Crippen LogP contribution in [0.3, 0.4) is 0 Å². The van der Waals surface area contributed by atoms with Gasteiger partial charge in [0, 0.05) is 18.5 Å². The Morgan fingerprint density at radius 3 is 2.12 bits per heavy atom. The predicted octanol–water partition coefficient (Wildman–Crippen LogP) is 8.42. The molecule has 5 rings (SSSR count). The molecular formula is C35H33AlN2O2. The quantitative estimate of drug-likeness (QED) is 0.128. The Hall–Kier alpha value is -3.98. The SMILES string of the molecule is CCc1cccc(N=Cc2ccccc2C([O][Al]([NH]c2ccccc2)[O]Cc2ccccc2)c2ccccc2)c1.